The van der Waals surface area contributed by atoms with Gasteiger partial charge in [0.2, 0.25) is 5.91 Å². The molecule has 162 valence electrons. The number of piperidine rings is 1. The zero-order valence-electron chi connectivity index (χ0n) is 16.6. The predicted octanol–water partition coefficient (Wildman–Crippen LogP) is 2.77. The van der Waals surface area contributed by atoms with Crippen molar-refractivity contribution in [2.24, 2.45) is 13.0 Å². The van der Waals surface area contributed by atoms with Crippen LogP contribution in [-0.4, -0.2) is 55.7 Å². The summed E-state index contributed by atoms with van der Waals surface area (Å²) in [5.74, 6) is -2.35. The van der Waals surface area contributed by atoms with Crippen molar-refractivity contribution in [2.75, 3.05) is 18.4 Å². The molecule has 3 aromatic rings. The van der Waals surface area contributed by atoms with Crippen molar-refractivity contribution in [3.8, 4) is 11.1 Å². The molecule has 4 heterocycles. The first-order valence-electron chi connectivity index (χ1n) is 9.62. The fourth-order valence-electron chi connectivity index (χ4n) is 3.58. The van der Waals surface area contributed by atoms with Gasteiger partial charge in [0, 0.05) is 55.0 Å². The van der Waals surface area contributed by atoms with Gasteiger partial charge in [0.25, 0.3) is 0 Å². The Balaban J connectivity index is 1.43. The number of carbonyl (C=O) groups is 2. The lowest BCUT2D eigenvalue weighted by molar-refractivity contribution is -0.186. The number of hydrogen-bond acceptors (Lipinski definition) is 5. The van der Waals surface area contributed by atoms with E-state index >= 15 is 0 Å². The molecule has 0 bridgehead atoms. The maximum Gasteiger partial charge on any atom is 0.471 e. The first-order valence-corrected chi connectivity index (χ1v) is 9.62. The molecule has 3 aromatic heterocycles. The first kappa shape index (κ1) is 20.8. The van der Waals surface area contributed by atoms with Crippen molar-refractivity contribution in [3.63, 3.8) is 0 Å². The van der Waals surface area contributed by atoms with Gasteiger partial charge in [-0.05, 0) is 25.0 Å². The average Bonchev–Trinajstić information content (AvgIpc) is 3.18. The number of aromatic nitrogens is 4. The fourth-order valence-corrected chi connectivity index (χ4v) is 3.58. The average molecular weight is 432 g/mol. The molecule has 0 saturated carbocycles. The molecule has 0 spiro atoms. The van der Waals surface area contributed by atoms with Crippen LogP contribution in [0.25, 0.3) is 22.0 Å². The highest BCUT2D eigenvalue weighted by Gasteiger charge is 2.43. The fraction of sp³-hybridized carbons (Fsp3) is 0.350. The zero-order valence-corrected chi connectivity index (χ0v) is 16.6. The monoisotopic (exact) mass is 432 g/mol. The van der Waals surface area contributed by atoms with Gasteiger partial charge in [-0.3, -0.25) is 19.3 Å². The number of amides is 2. The molecule has 1 N–H and O–H groups in total. The number of fused-ring (bicyclic) bond motifs is 1. The van der Waals surface area contributed by atoms with Crippen molar-refractivity contribution in [3.05, 3.63) is 36.9 Å². The molecule has 0 atom stereocenters. The molecule has 0 radical (unpaired) electrons. The van der Waals surface area contributed by atoms with E-state index in [9.17, 15) is 22.8 Å². The van der Waals surface area contributed by atoms with Gasteiger partial charge in [0.15, 0.2) is 0 Å². The molecule has 0 aromatic carbocycles. The van der Waals surface area contributed by atoms with E-state index in [4.69, 9.17) is 0 Å². The number of aryl methyl sites for hydroxylation is 1. The molecule has 1 saturated heterocycles. The quantitative estimate of drug-likeness (QED) is 0.687. The van der Waals surface area contributed by atoms with Crippen LogP contribution in [0.5, 0.6) is 0 Å². The summed E-state index contributed by atoms with van der Waals surface area (Å²) in [5.41, 5.74) is 2.43. The van der Waals surface area contributed by atoms with Crippen molar-refractivity contribution in [2.45, 2.75) is 19.0 Å². The minimum absolute atomic E-state index is 0.111. The molecule has 0 unspecified atom stereocenters. The first-order chi connectivity index (χ1) is 14.7. The molecule has 1 aliphatic rings. The van der Waals surface area contributed by atoms with E-state index in [2.05, 4.69) is 20.4 Å². The van der Waals surface area contributed by atoms with Crippen LogP contribution in [0, 0.1) is 5.92 Å². The number of halogens is 3. The van der Waals surface area contributed by atoms with Gasteiger partial charge in [-0.1, -0.05) is 0 Å². The lowest BCUT2D eigenvalue weighted by Crippen LogP contribution is -2.46. The molecule has 0 aliphatic carbocycles. The summed E-state index contributed by atoms with van der Waals surface area (Å²) in [6.45, 7) is -0.222. The molecule has 4 rings (SSSR count). The summed E-state index contributed by atoms with van der Waals surface area (Å²) in [5, 5.41) is 7.64. The second-order valence-corrected chi connectivity index (χ2v) is 7.44. The topological polar surface area (TPSA) is 93.0 Å². The largest absolute Gasteiger partial charge is 0.471 e. The highest BCUT2D eigenvalue weighted by Crippen LogP contribution is 2.26. The highest BCUT2D eigenvalue weighted by atomic mass is 19.4. The van der Waals surface area contributed by atoms with Gasteiger partial charge >= 0.3 is 12.1 Å². The third-order valence-corrected chi connectivity index (χ3v) is 5.25. The standard InChI is InChI=1S/C20H19F3N6O2/c1-28-11-15(9-26-28)14-6-13-7-17(25-10-16(13)24-8-14)27-18(30)12-2-4-29(5-3-12)19(31)20(21,22)23/h6-12H,2-5H2,1H3,(H,25,27,30). The van der Waals surface area contributed by atoms with E-state index in [1.807, 2.05) is 19.3 Å². The van der Waals surface area contributed by atoms with Gasteiger partial charge < -0.3 is 10.2 Å². The van der Waals surface area contributed by atoms with Crippen LogP contribution in [-0.2, 0) is 16.6 Å². The van der Waals surface area contributed by atoms with Gasteiger partial charge in [-0.25, -0.2) is 4.98 Å². The third-order valence-electron chi connectivity index (χ3n) is 5.25. The predicted molar refractivity (Wildman–Crippen MR) is 106 cm³/mol. The Labute approximate surface area is 175 Å². The maximum absolute atomic E-state index is 12.6. The molecule has 2 amide bonds. The molecule has 11 heteroatoms. The summed E-state index contributed by atoms with van der Waals surface area (Å²) < 4.78 is 39.3. The summed E-state index contributed by atoms with van der Waals surface area (Å²) in [4.78, 5) is 33.2. The molecular weight excluding hydrogens is 413 g/mol. The Morgan fingerprint density at radius 3 is 2.45 bits per heavy atom. The number of nitrogens with one attached hydrogen (secondary N) is 1. The molecule has 1 fully saturated rings. The Bertz CT molecular complexity index is 1140. The molecular formula is C20H19F3N6O2. The Morgan fingerprint density at radius 1 is 1.06 bits per heavy atom. The van der Waals surface area contributed by atoms with E-state index in [1.54, 1.807) is 29.3 Å². The van der Waals surface area contributed by atoms with Crippen molar-refractivity contribution >= 4 is 28.5 Å². The van der Waals surface area contributed by atoms with Crippen molar-refractivity contribution in [1.29, 1.82) is 0 Å². The van der Waals surface area contributed by atoms with Crippen LogP contribution in [0.15, 0.2) is 36.9 Å². The zero-order chi connectivity index (χ0) is 22.2. The second-order valence-electron chi connectivity index (χ2n) is 7.44. The number of nitrogens with zero attached hydrogens (tertiary/aromatic N) is 5. The van der Waals surface area contributed by atoms with Crippen LogP contribution in [0.1, 0.15) is 12.8 Å². The molecule has 8 nitrogen and oxygen atoms in total. The number of alkyl halides is 3. The number of carbonyl (C=O) groups excluding carboxylic acids is 2. The molecule has 31 heavy (non-hydrogen) atoms. The van der Waals surface area contributed by atoms with Crippen LogP contribution in [0.4, 0.5) is 19.0 Å². The summed E-state index contributed by atoms with van der Waals surface area (Å²) in [7, 11) is 1.82. The van der Waals surface area contributed by atoms with Gasteiger partial charge in [0.05, 0.1) is 17.9 Å². The van der Waals surface area contributed by atoms with Crippen LogP contribution < -0.4 is 5.32 Å². The van der Waals surface area contributed by atoms with Crippen LogP contribution in [0.2, 0.25) is 0 Å². The maximum atomic E-state index is 12.6. The Hall–Kier alpha value is -3.50. The summed E-state index contributed by atoms with van der Waals surface area (Å²) in [6.07, 6.45) is 2.28. The normalized spacial score (nSPS) is 15.3. The highest BCUT2D eigenvalue weighted by molar-refractivity contribution is 5.94. The summed E-state index contributed by atoms with van der Waals surface area (Å²) >= 11 is 0. The minimum Gasteiger partial charge on any atom is -0.335 e. The lowest BCUT2D eigenvalue weighted by atomic mass is 9.96. The second kappa shape index (κ2) is 7.97. The molecule has 1 aliphatic heterocycles. The number of anilines is 1. The Kier molecular flexibility index (Phi) is 5.34. The van der Waals surface area contributed by atoms with Crippen molar-refractivity contribution in [1.82, 2.24) is 24.6 Å². The number of pyridine rings is 2. The van der Waals surface area contributed by atoms with Gasteiger partial charge in [-0.2, -0.15) is 18.3 Å². The number of rotatable bonds is 3. The summed E-state index contributed by atoms with van der Waals surface area (Å²) in [6, 6.07) is 3.61. The van der Waals surface area contributed by atoms with Crippen LogP contribution in [0.3, 0.4) is 0 Å². The number of likely N-dealkylation sites (tertiary alicyclic amines) is 1. The smallest absolute Gasteiger partial charge is 0.335 e. The third kappa shape index (κ3) is 4.49. The van der Waals surface area contributed by atoms with E-state index in [0.29, 0.717) is 11.3 Å². The van der Waals surface area contributed by atoms with Gasteiger partial charge in [-0.15, -0.1) is 0 Å². The van der Waals surface area contributed by atoms with E-state index in [1.165, 1.54) is 0 Å². The van der Waals surface area contributed by atoms with E-state index in [0.717, 1.165) is 21.4 Å². The lowest BCUT2D eigenvalue weighted by Gasteiger charge is -2.31. The van der Waals surface area contributed by atoms with Gasteiger partial charge in [0.1, 0.15) is 5.82 Å². The number of hydrogen-bond donors (Lipinski definition) is 1. The van der Waals surface area contributed by atoms with E-state index in [-0.39, 0.29) is 31.8 Å². The van der Waals surface area contributed by atoms with Crippen LogP contribution >= 0.6 is 0 Å². The minimum atomic E-state index is -4.90. The Morgan fingerprint density at radius 2 is 1.81 bits per heavy atom. The van der Waals surface area contributed by atoms with Crippen molar-refractivity contribution < 1.29 is 22.8 Å². The van der Waals surface area contributed by atoms with E-state index < -0.39 is 18.0 Å². The SMILES string of the molecule is Cn1cc(-c2cnc3cnc(NC(=O)C4CCN(C(=O)C(F)(F)F)CC4)cc3c2)cn1.